The van der Waals surface area contributed by atoms with Crippen LogP contribution in [0, 0.1) is 17.2 Å². The van der Waals surface area contributed by atoms with Crippen molar-refractivity contribution in [3.8, 4) is 11.8 Å². The molecule has 0 saturated carbocycles. The van der Waals surface area contributed by atoms with Gasteiger partial charge in [-0.15, -0.1) is 0 Å². The summed E-state index contributed by atoms with van der Waals surface area (Å²) >= 11 is 0. The summed E-state index contributed by atoms with van der Waals surface area (Å²) in [6.45, 7) is 3.45. The van der Waals surface area contributed by atoms with E-state index in [2.05, 4.69) is 0 Å². The maximum absolute atomic E-state index is 12.6. The van der Waals surface area contributed by atoms with Gasteiger partial charge in [0.15, 0.2) is 0 Å². The summed E-state index contributed by atoms with van der Waals surface area (Å²) in [7, 11) is 0. The largest absolute Gasteiger partial charge is 0.477 e. The number of para-hydroxylation sites is 1. The lowest BCUT2D eigenvalue weighted by Gasteiger charge is -2.23. The van der Waals surface area contributed by atoms with Gasteiger partial charge in [0.05, 0.1) is 16.7 Å². The van der Waals surface area contributed by atoms with Gasteiger partial charge in [-0.25, -0.2) is 4.79 Å². The standard InChI is InChI=1S/C20H16N2O5/c1-12(2)17(26-16-10-6-3-7-13(16)11-21)20(25)27-22-18(23)14-8-4-5-9-15(14)19(22)24/h3-10,12,17H,1-2H3. The van der Waals surface area contributed by atoms with Crippen LogP contribution in [0.2, 0.25) is 0 Å². The van der Waals surface area contributed by atoms with Gasteiger partial charge in [-0.05, 0) is 24.3 Å². The van der Waals surface area contributed by atoms with Crippen LogP contribution < -0.4 is 4.74 Å². The molecule has 0 aliphatic carbocycles. The summed E-state index contributed by atoms with van der Waals surface area (Å²) in [5, 5.41) is 9.61. The second-order valence-corrected chi connectivity index (χ2v) is 6.25. The zero-order valence-electron chi connectivity index (χ0n) is 14.7. The van der Waals surface area contributed by atoms with E-state index < -0.39 is 23.9 Å². The number of benzene rings is 2. The van der Waals surface area contributed by atoms with Crippen LogP contribution in [0.15, 0.2) is 48.5 Å². The predicted octanol–water partition coefficient (Wildman–Crippen LogP) is 2.72. The van der Waals surface area contributed by atoms with Gasteiger partial charge in [-0.2, -0.15) is 5.26 Å². The van der Waals surface area contributed by atoms with Gasteiger partial charge in [0.1, 0.15) is 11.8 Å². The van der Waals surface area contributed by atoms with Gasteiger partial charge in [0.25, 0.3) is 11.8 Å². The Labute approximate surface area is 155 Å². The molecular formula is C20H16N2O5. The highest BCUT2D eigenvalue weighted by atomic mass is 16.7. The van der Waals surface area contributed by atoms with Crippen LogP contribution in [0.4, 0.5) is 0 Å². The first kappa shape index (κ1) is 18.1. The fraction of sp³-hybridized carbons (Fsp3) is 0.200. The molecule has 7 heteroatoms. The molecule has 0 bridgehead atoms. The van der Waals surface area contributed by atoms with Crippen molar-refractivity contribution in [2.75, 3.05) is 0 Å². The summed E-state index contributed by atoms with van der Waals surface area (Å²) in [5.74, 6) is -2.42. The molecule has 2 aromatic carbocycles. The highest BCUT2D eigenvalue weighted by Gasteiger charge is 2.40. The van der Waals surface area contributed by atoms with Crippen molar-refractivity contribution in [3.05, 3.63) is 65.2 Å². The Morgan fingerprint density at radius 3 is 2.11 bits per heavy atom. The molecule has 0 spiro atoms. The number of carbonyl (C=O) groups is 3. The minimum atomic E-state index is -1.11. The molecule has 0 fully saturated rings. The average Bonchev–Trinajstić information content (AvgIpc) is 2.91. The van der Waals surface area contributed by atoms with E-state index in [1.165, 1.54) is 12.1 Å². The number of fused-ring (bicyclic) bond motifs is 1. The van der Waals surface area contributed by atoms with Gasteiger partial charge in [-0.3, -0.25) is 9.59 Å². The Bertz CT molecular complexity index is 926. The number of ether oxygens (including phenoxy) is 1. The van der Waals surface area contributed by atoms with Crippen LogP contribution in [-0.4, -0.2) is 29.0 Å². The summed E-state index contributed by atoms with van der Waals surface area (Å²) in [6, 6.07) is 14.7. The van der Waals surface area contributed by atoms with Crippen molar-refractivity contribution in [1.82, 2.24) is 5.06 Å². The summed E-state index contributed by atoms with van der Waals surface area (Å²) < 4.78 is 5.67. The molecule has 7 nitrogen and oxygen atoms in total. The van der Waals surface area contributed by atoms with E-state index in [-0.39, 0.29) is 28.4 Å². The normalized spacial score (nSPS) is 13.9. The van der Waals surface area contributed by atoms with Crippen LogP contribution in [0.1, 0.15) is 40.1 Å². The first-order valence-electron chi connectivity index (χ1n) is 8.29. The van der Waals surface area contributed by atoms with E-state index in [4.69, 9.17) is 14.8 Å². The average molecular weight is 364 g/mol. The second kappa shape index (κ2) is 7.30. The smallest absolute Gasteiger partial charge is 0.373 e. The third-order valence-electron chi connectivity index (χ3n) is 4.04. The van der Waals surface area contributed by atoms with Crippen molar-refractivity contribution in [2.24, 2.45) is 5.92 Å². The van der Waals surface area contributed by atoms with Gasteiger partial charge >= 0.3 is 5.97 Å². The summed E-state index contributed by atoms with van der Waals surface area (Å²) in [5.41, 5.74) is 0.607. The maximum atomic E-state index is 12.6. The van der Waals surface area contributed by atoms with Crippen LogP contribution in [0.25, 0.3) is 0 Å². The third kappa shape index (κ3) is 3.37. The van der Waals surface area contributed by atoms with Crippen LogP contribution in [0.5, 0.6) is 5.75 Å². The van der Waals surface area contributed by atoms with Gasteiger partial charge in [-0.1, -0.05) is 43.2 Å². The van der Waals surface area contributed by atoms with E-state index in [1.54, 1.807) is 50.2 Å². The van der Waals surface area contributed by atoms with Gasteiger partial charge in [0.2, 0.25) is 6.10 Å². The lowest BCUT2D eigenvalue weighted by molar-refractivity contribution is -0.179. The highest BCUT2D eigenvalue weighted by molar-refractivity contribution is 6.20. The lowest BCUT2D eigenvalue weighted by atomic mass is 10.1. The van der Waals surface area contributed by atoms with E-state index in [0.29, 0.717) is 5.06 Å². The molecule has 2 amide bonds. The molecule has 136 valence electrons. The molecular weight excluding hydrogens is 348 g/mol. The Morgan fingerprint density at radius 1 is 1.00 bits per heavy atom. The number of amides is 2. The van der Waals surface area contributed by atoms with E-state index in [9.17, 15) is 14.4 Å². The zero-order valence-corrected chi connectivity index (χ0v) is 14.7. The number of hydrogen-bond donors (Lipinski definition) is 0. The molecule has 3 rings (SSSR count). The summed E-state index contributed by atoms with van der Waals surface area (Å²) in [6.07, 6.45) is -1.11. The number of rotatable bonds is 5. The molecule has 27 heavy (non-hydrogen) atoms. The van der Waals surface area contributed by atoms with Crippen molar-refractivity contribution < 1.29 is 24.0 Å². The fourth-order valence-electron chi connectivity index (χ4n) is 2.65. The van der Waals surface area contributed by atoms with E-state index in [0.717, 1.165) is 0 Å². The minimum absolute atomic E-state index is 0.173. The zero-order chi connectivity index (χ0) is 19.6. The Balaban J connectivity index is 1.80. The SMILES string of the molecule is CC(C)C(Oc1ccccc1C#N)C(=O)ON1C(=O)c2ccccc2C1=O. The van der Waals surface area contributed by atoms with Crippen molar-refractivity contribution in [3.63, 3.8) is 0 Å². The molecule has 0 aromatic heterocycles. The Kier molecular flexibility index (Phi) is 4.90. The molecule has 1 unspecified atom stereocenters. The highest BCUT2D eigenvalue weighted by Crippen LogP contribution is 2.25. The summed E-state index contributed by atoms with van der Waals surface area (Å²) in [4.78, 5) is 42.4. The van der Waals surface area contributed by atoms with E-state index >= 15 is 0 Å². The first-order chi connectivity index (χ1) is 12.9. The molecule has 1 aliphatic rings. The van der Waals surface area contributed by atoms with E-state index in [1.807, 2.05) is 6.07 Å². The monoisotopic (exact) mass is 364 g/mol. The Morgan fingerprint density at radius 2 is 1.56 bits per heavy atom. The number of imide groups is 1. The number of nitriles is 1. The number of hydroxylamine groups is 2. The minimum Gasteiger partial charge on any atom is -0.477 e. The second-order valence-electron chi connectivity index (χ2n) is 6.25. The molecule has 1 atom stereocenters. The molecule has 0 radical (unpaired) electrons. The van der Waals surface area contributed by atoms with Crippen molar-refractivity contribution >= 4 is 17.8 Å². The van der Waals surface area contributed by atoms with Crippen molar-refractivity contribution in [1.29, 1.82) is 5.26 Å². The fourth-order valence-corrected chi connectivity index (χ4v) is 2.65. The number of carbonyl (C=O) groups excluding carboxylic acids is 3. The predicted molar refractivity (Wildman–Crippen MR) is 93.4 cm³/mol. The Hall–Kier alpha value is -3.66. The topological polar surface area (TPSA) is 96.7 Å². The lowest BCUT2D eigenvalue weighted by Crippen LogP contribution is -2.41. The van der Waals surface area contributed by atoms with Crippen LogP contribution in [-0.2, 0) is 9.63 Å². The first-order valence-corrected chi connectivity index (χ1v) is 8.29. The van der Waals surface area contributed by atoms with Crippen LogP contribution >= 0.6 is 0 Å². The molecule has 0 N–H and O–H groups in total. The molecule has 0 saturated heterocycles. The van der Waals surface area contributed by atoms with Crippen molar-refractivity contribution in [2.45, 2.75) is 20.0 Å². The number of nitrogens with zero attached hydrogens (tertiary/aromatic N) is 2. The molecule has 2 aromatic rings. The number of hydrogen-bond acceptors (Lipinski definition) is 6. The molecule has 1 aliphatic heterocycles. The quantitative estimate of drug-likeness (QED) is 0.757. The van der Waals surface area contributed by atoms with Crippen LogP contribution in [0.3, 0.4) is 0 Å². The molecule has 1 heterocycles. The van der Waals surface area contributed by atoms with Gasteiger partial charge in [0, 0.05) is 5.92 Å². The maximum Gasteiger partial charge on any atom is 0.373 e. The van der Waals surface area contributed by atoms with Gasteiger partial charge < -0.3 is 9.57 Å². The third-order valence-corrected chi connectivity index (χ3v) is 4.04.